The summed E-state index contributed by atoms with van der Waals surface area (Å²) in [5.41, 5.74) is 2.84. The lowest BCUT2D eigenvalue weighted by Crippen LogP contribution is -2.52. The minimum absolute atomic E-state index is 0. The van der Waals surface area contributed by atoms with Gasteiger partial charge in [0.15, 0.2) is 5.78 Å². The first-order chi connectivity index (χ1) is 10.7. The van der Waals surface area contributed by atoms with Gasteiger partial charge in [0.05, 0.1) is 0 Å². The van der Waals surface area contributed by atoms with E-state index in [9.17, 15) is 9.90 Å². The largest absolute Gasteiger partial charge is 0.377 e. The number of nitrogens with one attached hydrogen (secondary N) is 2. The fourth-order valence-electron chi connectivity index (χ4n) is 3.03. The number of aliphatic hydroxyl groups is 1. The molecule has 0 saturated carbocycles. The van der Waals surface area contributed by atoms with Gasteiger partial charge in [-0.05, 0) is 25.0 Å². The summed E-state index contributed by atoms with van der Waals surface area (Å²) in [4.78, 5) is 14.3. The predicted octanol–water partition coefficient (Wildman–Crippen LogP) is 1.75. The molecule has 1 atom stereocenters. The van der Waals surface area contributed by atoms with Gasteiger partial charge in [0, 0.05) is 49.6 Å². The highest BCUT2D eigenvalue weighted by Gasteiger charge is 2.26. The quantitative estimate of drug-likeness (QED) is 0.781. The number of halogens is 1. The molecule has 1 heterocycles. The summed E-state index contributed by atoms with van der Waals surface area (Å²) in [6.07, 6.45) is 1.87. The van der Waals surface area contributed by atoms with E-state index in [1.807, 2.05) is 35.2 Å². The zero-order chi connectivity index (χ0) is 15.4. The summed E-state index contributed by atoms with van der Waals surface area (Å²) in [6.45, 7) is 2.69. The van der Waals surface area contributed by atoms with Gasteiger partial charge in [0.1, 0.15) is 6.23 Å². The van der Waals surface area contributed by atoms with Crippen molar-refractivity contribution in [1.29, 1.82) is 0 Å². The number of ketones is 1. The second-order valence-corrected chi connectivity index (χ2v) is 5.88. The molecule has 5 nitrogen and oxygen atoms in total. The van der Waals surface area contributed by atoms with Crippen molar-refractivity contribution in [2.75, 3.05) is 31.5 Å². The van der Waals surface area contributed by atoms with Crippen LogP contribution in [0.15, 0.2) is 41.6 Å². The molecule has 0 amide bonds. The molecular formula is C17H24ClN3O2. The van der Waals surface area contributed by atoms with Crippen molar-refractivity contribution >= 4 is 23.9 Å². The van der Waals surface area contributed by atoms with Crippen LogP contribution in [0.3, 0.4) is 0 Å². The molecule has 1 aromatic rings. The van der Waals surface area contributed by atoms with Gasteiger partial charge < -0.3 is 15.7 Å². The first-order valence-electron chi connectivity index (χ1n) is 7.94. The van der Waals surface area contributed by atoms with E-state index in [2.05, 4.69) is 10.6 Å². The number of nitrogens with zero attached hydrogens (tertiary/aromatic N) is 1. The maximum atomic E-state index is 12.4. The van der Waals surface area contributed by atoms with Crippen molar-refractivity contribution in [3.8, 4) is 0 Å². The van der Waals surface area contributed by atoms with Gasteiger partial charge in [0.25, 0.3) is 0 Å². The monoisotopic (exact) mass is 337 g/mol. The van der Waals surface area contributed by atoms with Crippen LogP contribution in [0.5, 0.6) is 0 Å². The van der Waals surface area contributed by atoms with Gasteiger partial charge in [-0.15, -0.1) is 12.4 Å². The number of hydrogen-bond acceptors (Lipinski definition) is 5. The average Bonchev–Trinajstić information content (AvgIpc) is 2.53. The Hall–Kier alpha value is -1.40. The minimum atomic E-state index is -0.519. The number of Topliss-reactive ketones (excluding diaryl/α,β-unsaturated/α-hetero) is 1. The predicted molar refractivity (Wildman–Crippen MR) is 93.6 cm³/mol. The van der Waals surface area contributed by atoms with Crippen LogP contribution in [0.1, 0.15) is 19.3 Å². The Morgan fingerprint density at radius 2 is 2.04 bits per heavy atom. The molecule has 0 radical (unpaired) electrons. The number of hydrogen-bond donors (Lipinski definition) is 3. The van der Waals surface area contributed by atoms with Crippen molar-refractivity contribution in [2.45, 2.75) is 25.5 Å². The van der Waals surface area contributed by atoms with E-state index in [4.69, 9.17) is 0 Å². The Morgan fingerprint density at radius 1 is 1.26 bits per heavy atom. The molecule has 1 unspecified atom stereocenters. The summed E-state index contributed by atoms with van der Waals surface area (Å²) in [5.74, 6) is 0.204. The molecule has 0 bridgehead atoms. The second kappa shape index (κ2) is 8.45. The highest BCUT2D eigenvalue weighted by molar-refractivity contribution is 5.97. The van der Waals surface area contributed by atoms with Crippen molar-refractivity contribution in [2.24, 2.45) is 0 Å². The van der Waals surface area contributed by atoms with Crippen molar-refractivity contribution in [3.05, 3.63) is 41.6 Å². The zero-order valence-corrected chi connectivity index (χ0v) is 13.9. The number of anilines is 1. The van der Waals surface area contributed by atoms with E-state index in [1.54, 1.807) is 0 Å². The normalized spacial score (nSPS) is 22.7. The van der Waals surface area contributed by atoms with E-state index in [-0.39, 0.29) is 18.2 Å². The summed E-state index contributed by atoms with van der Waals surface area (Å²) in [5, 5.41) is 16.6. The Kier molecular flexibility index (Phi) is 6.59. The number of carbonyl (C=O) groups excluding carboxylic acids is 1. The van der Waals surface area contributed by atoms with Crippen LogP contribution in [0, 0.1) is 0 Å². The van der Waals surface area contributed by atoms with Crippen molar-refractivity contribution in [3.63, 3.8) is 0 Å². The maximum Gasteiger partial charge on any atom is 0.161 e. The highest BCUT2D eigenvalue weighted by atomic mass is 35.5. The van der Waals surface area contributed by atoms with Crippen LogP contribution < -0.4 is 10.6 Å². The number of carbonyl (C=O) groups is 1. The fraction of sp³-hybridized carbons (Fsp3) is 0.471. The van der Waals surface area contributed by atoms with Crippen LogP contribution in [0.25, 0.3) is 0 Å². The third-order valence-electron chi connectivity index (χ3n) is 4.29. The van der Waals surface area contributed by atoms with E-state index < -0.39 is 6.23 Å². The number of β-amino-alcohol motifs (C(OH)–C–C–N with tert-alkyl or cyclic N) is 1. The molecule has 23 heavy (non-hydrogen) atoms. The third-order valence-corrected chi connectivity index (χ3v) is 4.29. The van der Waals surface area contributed by atoms with Gasteiger partial charge in [-0.25, -0.2) is 0 Å². The molecule has 126 valence electrons. The van der Waals surface area contributed by atoms with Gasteiger partial charge in [-0.3, -0.25) is 9.69 Å². The fourth-order valence-corrected chi connectivity index (χ4v) is 3.03. The molecule has 3 rings (SSSR count). The molecular weight excluding hydrogens is 314 g/mol. The lowest BCUT2D eigenvalue weighted by atomic mass is 9.94. The lowest BCUT2D eigenvalue weighted by molar-refractivity contribution is -0.116. The van der Waals surface area contributed by atoms with E-state index in [0.717, 1.165) is 42.9 Å². The topological polar surface area (TPSA) is 64.6 Å². The molecule has 1 aliphatic heterocycles. The van der Waals surface area contributed by atoms with Crippen LogP contribution in [0.4, 0.5) is 5.69 Å². The number of aliphatic hydroxyl groups excluding tert-OH is 1. The number of allylic oxidation sites excluding steroid dienone is 1. The smallest absolute Gasteiger partial charge is 0.161 e. The van der Waals surface area contributed by atoms with Gasteiger partial charge in [0.2, 0.25) is 0 Å². The number of piperazine rings is 1. The first kappa shape index (κ1) is 17.9. The summed E-state index contributed by atoms with van der Waals surface area (Å²) < 4.78 is 0. The SMILES string of the molecule is Cl.O=C1CCCC(Nc2ccccc2)=C1CN1CCNCC1O. The van der Waals surface area contributed by atoms with E-state index in [1.165, 1.54) is 0 Å². The first-order valence-corrected chi connectivity index (χ1v) is 7.94. The van der Waals surface area contributed by atoms with Gasteiger partial charge in [-0.1, -0.05) is 18.2 Å². The minimum Gasteiger partial charge on any atom is -0.377 e. The number of para-hydroxylation sites is 1. The van der Waals surface area contributed by atoms with Crippen molar-refractivity contribution in [1.82, 2.24) is 10.2 Å². The zero-order valence-electron chi connectivity index (χ0n) is 13.1. The van der Waals surface area contributed by atoms with Gasteiger partial charge in [-0.2, -0.15) is 0 Å². The van der Waals surface area contributed by atoms with E-state index in [0.29, 0.717) is 19.5 Å². The third kappa shape index (κ3) is 4.54. The Balaban J connectivity index is 0.00000192. The molecule has 3 N–H and O–H groups in total. The van der Waals surface area contributed by atoms with Crippen LogP contribution >= 0.6 is 12.4 Å². The molecule has 1 fully saturated rings. The second-order valence-electron chi connectivity index (χ2n) is 5.88. The Labute approximate surface area is 143 Å². The van der Waals surface area contributed by atoms with Crippen molar-refractivity contribution < 1.29 is 9.90 Å². The van der Waals surface area contributed by atoms with Gasteiger partial charge >= 0.3 is 0 Å². The molecule has 0 spiro atoms. The Morgan fingerprint density at radius 3 is 2.78 bits per heavy atom. The molecule has 2 aliphatic rings. The van der Waals surface area contributed by atoms with Crippen LogP contribution in [-0.2, 0) is 4.79 Å². The number of rotatable bonds is 4. The lowest BCUT2D eigenvalue weighted by Gasteiger charge is -2.34. The molecule has 6 heteroatoms. The molecule has 1 aromatic carbocycles. The summed E-state index contributed by atoms with van der Waals surface area (Å²) >= 11 is 0. The number of benzene rings is 1. The van der Waals surface area contributed by atoms with Crippen LogP contribution in [-0.4, -0.2) is 48.2 Å². The molecule has 1 saturated heterocycles. The highest BCUT2D eigenvalue weighted by Crippen LogP contribution is 2.25. The molecule has 1 aliphatic carbocycles. The summed E-state index contributed by atoms with van der Waals surface area (Å²) in [7, 11) is 0. The standard InChI is InChI=1S/C17H23N3O2.ClH/c21-16-8-4-7-15(19-13-5-2-1-3-6-13)14(16)12-20-10-9-18-11-17(20)22;/h1-3,5-6,17-19,22H,4,7-12H2;1H. The molecule has 0 aromatic heterocycles. The van der Waals surface area contributed by atoms with E-state index >= 15 is 0 Å². The van der Waals surface area contributed by atoms with Crippen LogP contribution in [0.2, 0.25) is 0 Å². The summed E-state index contributed by atoms with van der Waals surface area (Å²) in [6, 6.07) is 9.94. The Bertz CT molecular complexity index is 562. The maximum absolute atomic E-state index is 12.4. The average molecular weight is 338 g/mol.